The monoisotopic (exact) mass is 599 g/mol. The van der Waals surface area contributed by atoms with Crippen LogP contribution in [0.25, 0.3) is 0 Å². The van der Waals surface area contributed by atoms with Gasteiger partial charge in [-0.05, 0) is 91.6 Å². The van der Waals surface area contributed by atoms with E-state index in [9.17, 15) is 18.0 Å². The van der Waals surface area contributed by atoms with Crippen molar-refractivity contribution in [3.8, 4) is 5.75 Å². The second-order valence-electron chi connectivity index (χ2n) is 11.2. The number of hydrogen-bond donors (Lipinski definition) is 2. The van der Waals surface area contributed by atoms with Crippen molar-refractivity contribution < 1.29 is 22.7 Å². The summed E-state index contributed by atoms with van der Waals surface area (Å²) in [4.78, 5) is 26.1. The molecule has 4 aromatic carbocycles. The summed E-state index contributed by atoms with van der Waals surface area (Å²) in [6.45, 7) is 10.1. The molecule has 2 amide bonds. The number of rotatable bonds is 10. The van der Waals surface area contributed by atoms with Crippen molar-refractivity contribution >= 4 is 38.9 Å². The van der Waals surface area contributed by atoms with E-state index in [1.807, 2.05) is 26.0 Å². The Balaban J connectivity index is 1.51. The van der Waals surface area contributed by atoms with Crippen LogP contribution in [0.3, 0.4) is 0 Å². The number of carbonyl (C=O) groups is 2. The third-order valence-corrected chi connectivity index (χ3v) is 8.54. The molecular weight excluding hydrogens is 562 g/mol. The van der Waals surface area contributed by atoms with Crippen LogP contribution in [0.5, 0.6) is 5.75 Å². The van der Waals surface area contributed by atoms with Gasteiger partial charge in [0.15, 0.2) is 0 Å². The Hall–Kier alpha value is -4.63. The van der Waals surface area contributed by atoms with Crippen LogP contribution in [-0.2, 0) is 20.2 Å². The number of aryl methyl sites for hydroxylation is 1. The molecule has 224 valence electrons. The van der Waals surface area contributed by atoms with Gasteiger partial charge in [-0.25, -0.2) is 8.42 Å². The topological polar surface area (TPSA) is 105 Å². The number of ether oxygens (including phenoxy) is 1. The van der Waals surface area contributed by atoms with Gasteiger partial charge in [0.1, 0.15) is 12.3 Å². The summed E-state index contributed by atoms with van der Waals surface area (Å²) in [7, 11) is -4.09. The average Bonchev–Trinajstić information content (AvgIpc) is 2.97. The van der Waals surface area contributed by atoms with E-state index in [-0.39, 0.29) is 16.2 Å². The highest BCUT2D eigenvalue weighted by Gasteiger charge is 2.27. The third-order valence-electron chi connectivity index (χ3n) is 6.75. The Morgan fingerprint density at radius 2 is 1.42 bits per heavy atom. The van der Waals surface area contributed by atoms with Crippen LogP contribution < -0.4 is 19.7 Å². The molecule has 0 spiro atoms. The zero-order valence-corrected chi connectivity index (χ0v) is 25.9. The van der Waals surface area contributed by atoms with Crippen molar-refractivity contribution in [3.05, 3.63) is 114 Å². The number of nitrogens with zero attached hydrogens (tertiary/aromatic N) is 1. The van der Waals surface area contributed by atoms with E-state index in [0.29, 0.717) is 35.0 Å². The zero-order chi connectivity index (χ0) is 31.2. The van der Waals surface area contributed by atoms with Gasteiger partial charge in [0.25, 0.3) is 15.9 Å². The van der Waals surface area contributed by atoms with Gasteiger partial charge in [-0.2, -0.15) is 0 Å². The van der Waals surface area contributed by atoms with Gasteiger partial charge in [0.05, 0.1) is 17.2 Å². The van der Waals surface area contributed by atoms with Crippen molar-refractivity contribution in [2.75, 3.05) is 28.1 Å². The van der Waals surface area contributed by atoms with Crippen molar-refractivity contribution in [2.45, 2.75) is 44.9 Å². The molecule has 0 radical (unpaired) electrons. The smallest absolute Gasteiger partial charge is 0.264 e. The van der Waals surface area contributed by atoms with Crippen LogP contribution in [0.2, 0.25) is 0 Å². The Kier molecular flexibility index (Phi) is 9.56. The molecule has 0 aliphatic heterocycles. The molecule has 0 heterocycles. The van der Waals surface area contributed by atoms with Gasteiger partial charge < -0.3 is 15.4 Å². The Morgan fingerprint density at radius 3 is 2.00 bits per heavy atom. The molecule has 0 bridgehead atoms. The van der Waals surface area contributed by atoms with Crippen LogP contribution in [0, 0.1) is 6.92 Å². The second-order valence-corrected chi connectivity index (χ2v) is 13.0. The number of hydrogen-bond acceptors (Lipinski definition) is 5. The van der Waals surface area contributed by atoms with E-state index in [2.05, 4.69) is 31.4 Å². The van der Waals surface area contributed by atoms with E-state index >= 15 is 0 Å². The minimum absolute atomic E-state index is 0.0237. The normalized spacial score (nSPS) is 11.5. The first-order valence-electron chi connectivity index (χ1n) is 14.0. The largest absolute Gasteiger partial charge is 0.494 e. The summed E-state index contributed by atoms with van der Waals surface area (Å²) in [5.41, 5.74) is 3.81. The first kappa shape index (κ1) is 31.3. The van der Waals surface area contributed by atoms with Gasteiger partial charge in [-0.3, -0.25) is 13.9 Å². The molecule has 0 unspecified atom stereocenters. The average molecular weight is 600 g/mol. The number of amides is 2. The highest BCUT2D eigenvalue weighted by atomic mass is 32.2. The summed E-state index contributed by atoms with van der Waals surface area (Å²) in [5.74, 6) is -0.276. The zero-order valence-electron chi connectivity index (χ0n) is 25.0. The van der Waals surface area contributed by atoms with Gasteiger partial charge in [0.2, 0.25) is 5.91 Å². The molecular formula is C34H37N3O5S. The number of carbonyl (C=O) groups excluding carboxylic acids is 2. The van der Waals surface area contributed by atoms with Crippen LogP contribution in [0.4, 0.5) is 17.1 Å². The highest BCUT2D eigenvalue weighted by molar-refractivity contribution is 7.92. The number of sulfonamides is 1. The summed E-state index contributed by atoms with van der Waals surface area (Å²) in [6, 6.07) is 27.1. The number of anilines is 3. The highest BCUT2D eigenvalue weighted by Crippen LogP contribution is 2.26. The molecule has 43 heavy (non-hydrogen) atoms. The SMILES string of the molecule is CCOc1ccc(S(=O)(=O)N(CC(=O)Nc2cccc(NC(=O)c3ccc(C(C)(C)C)cc3)c2)c2ccc(C)cc2)cc1. The van der Waals surface area contributed by atoms with Crippen LogP contribution in [0.1, 0.15) is 49.2 Å². The molecule has 4 rings (SSSR count). The molecule has 4 aromatic rings. The molecule has 8 nitrogen and oxygen atoms in total. The standard InChI is InChI=1S/C34H37N3O5S/c1-6-42-30-18-20-31(21-19-30)43(40,41)37(29-16-10-24(2)11-17-29)23-32(38)35-27-8-7-9-28(22-27)36-33(39)25-12-14-26(15-13-25)34(3,4)5/h7-22H,6,23H2,1-5H3,(H,35,38)(H,36,39). The molecule has 0 aliphatic rings. The lowest BCUT2D eigenvalue weighted by molar-refractivity contribution is -0.114. The summed E-state index contributed by atoms with van der Waals surface area (Å²) >= 11 is 0. The van der Waals surface area contributed by atoms with Crippen molar-refractivity contribution in [3.63, 3.8) is 0 Å². The number of benzene rings is 4. The van der Waals surface area contributed by atoms with E-state index in [4.69, 9.17) is 4.74 Å². The molecule has 2 N–H and O–H groups in total. The minimum atomic E-state index is -4.09. The maximum absolute atomic E-state index is 13.7. The van der Waals surface area contributed by atoms with Crippen molar-refractivity contribution in [1.82, 2.24) is 0 Å². The minimum Gasteiger partial charge on any atom is -0.494 e. The fourth-order valence-electron chi connectivity index (χ4n) is 4.36. The third kappa shape index (κ3) is 8.02. The molecule has 0 aromatic heterocycles. The summed E-state index contributed by atoms with van der Waals surface area (Å²) in [6.07, 6.45) is 0. The fraction of sp³-hybridized carbons (Fsp3) is 0.235. The summed E-state index contributed by atoms with van der Waals surface area (Å²) in [5, 5.41) is 5.62. The molecule has 9 heteroatoms. The van der Waals surface area contributed by atoms with E-state index in [1.165, 1.54) is 12.1 Å². The van der Waals surface area contributed by atoms with E-state index in [1.54, 1.807) is 72.8 Å². The molecule has 0 fully saturated rings. The van der Waals surface area contributed by atoms with Crippen molar-refractivity contribution in [2.24, 2.45) is 0 Å². The Morgan fingerprint density at radius 1 is 0.814 bits per heavy atom. The second kappa shape index (κ2) is 13.1. The van der Waals surface area contributed by atoms with Crippen LogP contribution in [-0.4, -0.2) is 33.4 Å². The maximum atomic E-state index is 13.7. The molecule has 0 saturated carbocycles. The van der Waals surface area contributed by atoms with Gasteiger partial charge in [-0.15, -0.1) is 0 Å². The maximum Gasteiger partial charge on any atom is 0.264 e. The van der Waals surface area contributed by atoms with Crippen LogP contribution >= 0.6 is 0 Å². The molecule has 0 atom stereocenters. The van der Waals surface area contributed by atoms with E-state index < -0.39 is 22.5 Å². The Labute approximate surface area is 253 Å². The molecule has 0 aliphatic carbocycles. The fourth-order valence-corrected chi connectivity index (χ4v) is 5.78. The van der Waals surface area contributed by atoms with Crippen molar-refractivity contribution in [1.29, 1.82) is 0 Å². The first-order valence-corrected chi connectivity index (χ1v) is 15.4. The van der Waals surface area contributed by atoms with Gasteiger partial charge in [0, 0.05) is 16.9 Å². The van der Waals surface area contributed by atoms with E-state index in [0.717, 1.165) is 15.4 Å². The lowest BCUT2D eigenvalue weighted by Crippen LogP contribution is -2.38. The Bertz CT molecular complexity index is 1680. The lowest BCUT2D eigenvalue weighted by Gasteiger charge is -2.24. The van der Waals surface area contributed by atoms with Crippen LogP contribution in [0.15, 0.2) is 102 Å². The number of nitrogens with one attached hydrogen (secondary N) is 2. The quantitative estimate of drug-likeness (QED) is 0.209. The van der Waals surface area contributed by atoms with Gasteiger partial charge in [-0.1, -0.05) is 56.7 Å². The lowest BCUT2D eigenvalue weighted by atomic mass is 9.87. The molecule has 0 saturated heterocycles. The predicted octanol–water partition coefficient (Wildman–Crippen LogP) is 6.78. The summed E-state index contributed by atoms with van der Waals surface area (Å²) < 4.78 is 34.0. The van der Waals surface area contributed by atoms with Gasteiger partial charge >= 0.3 is 0 Å². The first-order chi connectivity index (χ1) is 20.4. The predicted molar refractivity (Wildman–Crippen MR) is 171 cm³/mol.